The average molecular weight is 362 g/mol. The molecule has 0 aliphatic carbocycles. The van der Waals surface area contributed by atoms with Gasteiger partial charge in [0, 0.05) is 5.56 Å². The molecule has 6 nitrogen and oxygen atoms in total. The summed E-state index contributed by atoms with van der Waals surface area (Å²) in [5, 5.41) is 7.83. The van der Waals surface area contributed by atoms with Gasteiger partial charge in [-0.2, -0.15) is 0 Å². The van der Waals surface area contributed by atoms with Crippen molar-refractivity contribution >= 4 is 15.9 Å². The van der Waals surface area contributed by atoms with Gasteiger partial charge in [-0.1, -0.05) is 23.8 Å². The van der Waals surface area contributed by atoms with E-state index in [1.165, 1.54) is 12.1 Å². The number of sulfonamides is 1. The zero-order chi connectivity index (χ0) is 18.6. The molecule has 0 unspecified atom stereocenters. The number of hydrogen-bond donors (Lipinski definition) is 2. The van der Waals surface area contributed by atoms with Crippen LogP contribution >= 0.6 is 0 Å². The van der Waals surface area contributed by atoms with Crippen LogP contribution < -0.4 is 15.2 Å². The third-order valence-corrected chi connectivity index (χ3v) is 4.67. The van der Waals surface area contributed by atoms with E-state index >= 15 is 0 Å². The van der Waals surface area contributed by atoms with Crippen molar-refractivity contribution in [2.45, 2.75) is 25.7 Å². The molecule has 7 heteroatoms. The second-order valence-corrected chi connectivity index (χ2v) is 7.46. The Morgan fingerprint density at radius 1 is 1.08 bits per heavy atom. The first-order valence-electron chi connectivity index (χ1n) is 7.80. The molecule has 0 atom stereocenters. The smallest absolute Gasteiger partial charge is 0.251 e. The van der Waals surface area contributed by atoms with Crippen molar-refractivity contribution < 1.29 is 17.9 Å². The Bertz CT molecular complexity index is 892. The summed E-state index contributed by atoms with van der Waals surface area (Å²) < 4.78 is 28.5. The van der Waals surface area contributed by atoms with Gasteiger partial charge in [0.2, 0.25) is 10.0 Å². The molecule has 0 saturated heterocycles. The predicted molar refractivity (Wildman–Crippen MR) is 96.3 cm³/mol. The number of carbonyl (C=O) groups is 1. The Labute approximate surface area is 148 Å². The van der Waals surface area contributed by atoms with Gasteiger partial charge < -0.3 is 10.1 Å². The minimum atomic E-state index is -3.85. The third-order valence-electron chi connectivity index (χ3n) is 3.76. The topological polar surface area (TPSA) is 98.5 Å². The number of carbonyl (C=O) groups excluding carboxylic acids is 1. The van der Waals surface area contributed by atoms with E-state index in [1.807, 2.05) is 32.0 Å². The molecule has 1 amide bonds. The fourth-order valence-electron chi connectivity index (χ4n) is 2.40. The molecule has 0 fully saturated rings. The summed E-state index contributed by atoms with van der Waals surface area (Å²) in [5.41, 5.74) is 3.13. The van der Waals surface area contributed by atoms with Crippen LogP contribution in [0.15, 0.2) is 41.3 Å². The number of amides is 1. The average Bonchev–Trinajstić information content (AvgIpc) is 2.52. The van der Waals surface area contributed by atoms with Gasteiger partial charge in [0.15, 0.2) is 0 Å². The highest BCUT2D eigenvalue weighted by Gasteiger charge is 2.14. The quantitative estimate of drug-likeness (QED) is 0.769. The van der Waals surface area contributed by atoms with Gasteiger partial charge in [-0.3, -0.25) is 4.79 Å². The second kappa shape index (κ2) is 7.67. The van der Waals surface area contributed by atoms with Crippen LogP contribution in [0.3, 0.4) is 0 Å². The number of aryl methyl sites for hydroxylation is 3. The summed E-state index contributed by atoms with van der Waals surface area (Å²) >= 11 is 0. The molecular weight excluding hydrogens is 340 g/mol. The number of benzene rings is 2. The molecule has 0 aliphatic rings. The minimum Gasteiger partial charge on any atom is -0.491 e. The first-order valence-corrected chi connectivity index (χ1v) is 9.35. The summed E-state index contributed by atoms with van der Waals surface area (Å²) in [6, 6.07) is 10.1. The molecule has 2 aromatic carbocycles. The summed E-state index contributed by atoms with van der Waals surface area (Å²) in [7, 11) is -3.85. The Morgan fingerprint density at radius 2 is 1.80 bits per heavy atom. The number of nitrogens with two attached hydrogens (primary N) is 1. The van der Waals surface area contributed by atoms with Crippen molar-refractivity contribution in [2.24, 2.45) is 5.14 Å². The third kappa shape index (κ3) is 5.04. The second-order valence-electron chi connectivity index (χ2n) is 5.90. The fourth-order valence-corrected chi connectivity index (χ4v) is 2.94. The zero-order valence-corrected chi connectivity index (χ0v) is 15.3. The maximum atomic E-state index is 12.3. The lowest BCUT2D eigenvalue weighted by molar-refractivity contribution is 0.0946. The standard InChI is InChI=1S/C18H22N2O4S/c1-12-4-7-17(14(3)10-12)24-9-8-20-18(21)16-11-15(25(19,22)23)6-5-13(16)2/h4-7,10-11H,8-9H2,1-3H3,(H,20,21)(H2,19,22,23). The van der Waals surface area contributed by atoms with Crippen molar-refractivity contribution in [1.29, 1.82) is 0 Å². The van der Waals surface area contributed by atoms with Gasteiger partial charge in [-0.15, -0.1) is 0 Å². The molecule has 0 saturated carbocycles. The SMILES string of the molecule is Cc1ccc(OCCNC(=O)c2cc(S(N)(=O)=O)ccc2C)c(C)c1. The van der Waals surface area contributed by atoms with Crippen LogP contribution in [-0.4, -0.2) is 27.5 Å². The van der Waals surface area contributed by atoms with Crippen molar-refractivity contribution in [3.63, 3.8) is 0 Å². The summed E-state index contributed by atoms with van der Waals surface area (Å²) in [5.74, 6) is 0.402. The van der Waals surface area contributed by atoms with Crippen LogP contribution in [0.4, 0.5) is 0 Å². The molecule has 134 valence electrons. The van der Waals surface area contributed by atoms with E-state index in [4.69, 9.17) is 9.88 Å². The fraction of sp³-hybridized carbons (Fsp3) is 0.278. The van der Waals surface area contributed by atoms with Crippen LogP contribution in [0.5, 0.6) is 5.75 Å². The van der Waals surface area contributed by atoms with Crippen molar-refractivity contribution in [3.8, 4) is 5.75 Å². The summed E-state index contributed by atoms with van der Waals surface area (Å²) in [6.07, 6.45) is 0. The molecule has 0 spiro atoms. The Balaban J connectivity index is 1.96. The number of rotatable bonds is 6. The van der Waals surface area contributed by atoms with Crippen molar-refractivity contribution in [1.82, 2.24) is 5.32 Å². The number of ether oxygens (including phenoxy) is 1. The number of nitrogens with one attached hydrogen (secondary N) is 1. The van der Waals surface area contributed by atoms with Crippen LogP contribution in [0, 0.1) is 20.8 Å². The molecule has 3 N–H and O–H groups in total. The lowest BCUT2D eigenvalue weighted by Crippen LogP contribution is -2.29. The van der Waals surface area contributed by atoms with Gasteiger partial charge in [-0.05, 0) is 50.1 Å². The first-order chi connectivity index (χ1) is 11.7. The van der Waals surface area contributed by atoms with Crippen molar-refractivity contribution in [2.75, 3.05) is 13.2 Å². The largest absolute Gasteiger partial charge is 0.491 e. The Kier molecular flexibility index (Phi) is 5.81. The highest BCUT2D eigenvalue weighted by molar-refractivity contribution is 7.89. The van der Waals surface area contributed by atoms with E-state index in [2.05, 4.69) is 5.32 Å². The van der Waals surface area contributed by atoms with E-state index in [0.29, 0.717) is 18.7 Å². The van der Waals surface area contributed by atoms with Crippen LogP contribution in [-0.2, 0) is 10.0 Å². The van der Waals surface area contributed by atoms with Gasteiger partial charge in [0.25, 0.3) is 5.91 Å². The highest BCUT2D eigenvalue weighted by Crippen LogP contribution is 2.18. The number of primary sulfonamides is 1. The lowest BCUT2D eigenvalue weighted by atomic mass is 10.1. The van der Waals surface area contributed by atoms with Gasteiger partial charge in [0.1, 0.15) is 12.4 Å². The van der Waals surface area contributed by atoms with E-state index in [1.54, 1.807) is 13.0 Å². The van der Waals surface area contributed by atoms with E-state index in [0.717, 1.165) is 16.9 Å². The molecule has 0 aliphatic heterocycles. The Morgan fingerprint density at radius 3 is 2.44 bits per heavy atom. The van der Waals surface area contributed by atoms with Crippen LogP contribution in [0.1, 0.15) is 27.0 Å². The molecular formula is C18H22N2O4S. The van der Waals surface area contributed by atoms with E-state index < -0.39 is 10.0 Å². The molecule has 2 aromatic rings. The number of hydrogen-bond acceptors (Lipinski definition) is 4. The monoisotopic (exact) mass is 362 g/mol. The zero-order valence-electron chi connectivity index (χ0n) is 14.5. The molecule has 0 aromatic heterocycles. The molecule has 0 heterocycles. The van der Waals surface area contributed by atoms with Crippen LogP contribution in [0.2, 0.25) is 0 Å². The molecule has 0 radical (unpaired) electrons. The molecule has 25 heavy (non-hydrogen) atoms. The van der Waals surface area contributed by atoms with Gasteiger partial charge >= 0.3 is 0 Å². The van der Waals surface area contributed by atoms with Crippen molar-refractivity contribution in [3.05, 3.63) is 58.7 Å². The van der Waals surface area contributed by atoms with Gasteiger partial charge in [0.05, 0.1) is 11.4 Å². The molecule has 0 bridgehead atoms. The van der Waals surface area contributed by atoms with Gasteiger partial charge in [-0.25, -0.2) is 13.6 Å². The maximum Gasteiger partial charge on any atom is 0.251 e. The normalized spacial score (nSPS) is 11.2. The van der Waals surface area contributed by atoms with E-state index in [-0.39, 0.29) is 16.4 Å². The highest BCUT2D eigenvalue weighted by atomic mass is 32.2. The predicted octanol–water partition coefficient (Wildman–Crippen LogP) is 2.07. The summed E-state index contributed by atoms with van der Waals surface area (Å²) in [4.78, 5) is 12.2. The lowest BCUT2D eigenvalue weighted by Gasteiger charge is -2.12. The maximum absolute atomic E-state index is 12.3. The van der Waals surface area contributed by atoms with Crippen LogP contribution in [0.25, 0.3) is 0 Å². The minimum absolute atomic E-state index is 0.0882. The molecule has 2 rings (SSSR count). The van der Waals surface area contributed by atoms with E-state index in [9.17, 15) is 13.2 Å². The summed E-state index contributed by atoms with van der Waals surface area (Å²) in [6.45, 7) is 6.31. The Hall–Kier alpha value is -2.38. The first kappa shape index (κ1) is 19.0.